The maximum atomic E-state index is 11.2. The molecule has 6 nitrogen and oxygen atoms in total. The van der Waals surface area contributed by atoms with Crippen LogP contribution in [0.5, 0.6) is 0 Å². The minimum atomic E-state index is -0.388. The summed E-state index contributed by atoms with van der Waals surface area (Å²) < 4.78 is 2.15. The van der Waals surface area contributed by atoms with Crippen LogP contribution in [0.2, 0.25) is 0 Å². The van der Waals surface area contributed by atoms with Crippen LogP contribution in [0, 0.1) is 0 Å². The second-order valence-electron chi connectivity index (χ2n) is 2.37. The molecule has 1 rings (SSSR count). The maximum absolute atomic E-state index is 11.2. The van der Waals surface area contributed by atoms with Gasteiger partial charge in [0.1, 0.15) is 0 Å². The molecule has 0 saturated heterocycles. The minimum absolute atomic E-state index is 0.111. The van der Waals surface area contributed by atoms with Gasteiger partial charge in [-0.15, -0.1) is 0 Å². The Morgan fingerprint density at radius 3 is 2.75 bits per heavy atom. The molecule has 0 aliphatic heterocycles. The van der Waals surface area contributed by atoms with Crippen molar-refractivity contribution in [3.05, 3.63) is 16.3 Å². The minimum Gasteiger partial charge on any atom is -0.394 e. The average molecular weight is 172 g/mol. The van der Waals surface area contributed by atoms with Gasteiger partial charge in [-0.3, -0.25) is 0 Å². The molecule has 0 unspecified atom stereocenters. The highest BCUT2D eigenvalue weighted by Gasteiger charge is 2.07. The monoisotopic (exact) mass is 172 g/mol. The van der Waals surface area contributed by atoms with Crippen molar-refractivity contribution in [2.45, 2.75) is 19.9 Å². The van der Waals surface area contributed by atoms with E-state index in [1.165, 1.54) is 0 Å². The van der Waals surface area contributed by atoms with Gasteiger partial charge in [0.15, 0.2) is 5.82 Å². The van der Waals surface area contributed by atoms with Crippen molar-refractivity contribution in [2.24, 2.45) is 0 Å². The number of aliphatic hydroxyl groups excluding tert-OH is 1. The highest BCUT2D eigenvalue weighted by atomic mass is 16.3. The lowest BCUT2D eigenvalue weighted by Gasteiger charge is -1.91. The fourth-order valence-electron chi connectivity index (χ4n) is 0.946. The van der Waals surface area contributed by atoms with Crippen LogP contribution in [0.1, 0.15) is 12.7 Å². The van der Waals surface area contributed by atoms with Crippen LogP contribution in [-0.2, 0) is 13.0 Å². The summed E-state index contributed by atoms with van der Waals surface area (Å²) in [5.74, 6) is 5.91. The van der Waals surface area contributed by atoms with Crippen LogP contribution in [0.15, 0.2) is 4.79 Å². The fourth-order valence-corrected chi connectivity index (χ4v) is 0.946. The Kier molecular flexibility index (Phi) is 2.49. The van der Waals surface area contributed by atoms with Crippen LogP contribution in [-0.4, -0.2) is 26.2 Å². The first-order chi connectivity index (χ1) is 5.70. The highest BCUT2D eigenvalue weighted by molar-refractivity contribution is 4.86. The van der Waals surface area contributed by atoms with Crippen molar-refractivity contribution in [1.29, 1.82) is 0 Å². The smallest absolute Gasteiger partial charge is 0.364 e. The van der Waals surface area contributed by atoms with E-state index in [2.05, 4.69) is 5.10 Å². The van der Waals surface area contributed by atoms with Gasteiger partial charge in [0.05, 0.1) is 13.2 Å². The number of aliphatic hydroxyl groups is 1. The second kappa shape index (κ2) is 3.40. The van der Waals surface area contributed by atoms with E-state index in [1.807, 2.05) is 6.92 Å². The van der Waals surface area contributed by atoms with Gasteiger partial charge in [-0.1, -0.05) is 6.92 Å². The number of aryl methyl sites for hydroxylation is 1. The summed E-state index contributed by atoms with van der Waals surface area (Å²) >= 11 is 0. The van der Waals surface area contributed by atoms with Gasteiger partial charge in [0.25, 0.3) is 0 Å². The Hall–Kier alpha value is -1.30. The molecule has 0 amide bonds. The van der Waals surface area contributed by atoms with Gasteiger partial charge in [0, 0.05) is 6.42 Å². The summed E-state index contributed by atoms with van der Waals surface area (Å²) in [6.45, 7) is 1.94. The van der Waals surface area contributed by atoms with Crippen LogP contribution >= 0.6 is 0 Å². The number of nitrogens with zero attached hydrogens (tertiary/aromatic N) is 3. The van der Waals surface area contributed by atoms with Gasteiger partial charge in [-0.2, -0.15) is 9.77 Å². The molecule has 1 aromatic heterocycles. The molecule has 0 saturated carbocycles. The fraction of sp³-hybridized carbons (Fsp3) is 0.667. The molecule has 12 heavy (non-hydrogen) atoms. The molecule has 68 valence electrons. The van der Waals surface area contributed by atoms with Gasteiger partial charge < -0.3 is 10.9 Å². The summed E-state index contributed by atoms with van der Waals surface area (Å²) in [6, 6.07) is 0. The molecule has 3 N–H and O–H groups in total. The van der Waals surface area contributed by atoms with Crippen molar-refractivity contribution in [1.82, 2.24) is 14.5 Å². The van der Waals surface area contributed by atoms with Gasteiger partial charge in [-0.05, 0) is 0 Å². The predicted octanol–water partition coefficient (Wildman–Crippen LogP) is -1.69. The number of nitrogens with two attached hydrogens (primary N) is 1. The molecule has 1 heterocycles. The molecule has 1 aromatic rings. The van der Waals surface area contributed by atoms with Crippen molar-refractivity contribution < 1.29 is 5.11 Å². The molecule has 0 spiro atoms. The van der Waals surface area contributed by atoms with E-state index in [0.29, 0.717) is 12.2 Å². The lowest BCUT2D eigenvalue weighted by molar-refractivity contribution is 0.266. The third-order valence-corrected chi connectivity index (χ3v) is 1.57. The first kappa shape index (κ1) is 8.79. The SMILES string of the molecule is CCc1nn(CCO)c(=O)n1N. The molecular weight excluding hydrogens is 160 g/mol. The predicted molar refractivity (Wildman–Crippen MR) is 43.1 cm³/mol. The summed E-state index contributed by atoms with van der Waals surface area (Å²) in [4.78, 5) is 11.2. The molecule has 0 atom stereocenters. The zero-order valence-corrected chi connectivity index (χ0v) is 6.90. The third-order valence-electron chi connectivity index (χ3n) is 1.57. The first-order valence-electron chi connectivity index (χ1n) is 3.75. The lowest BCUT2D eigenvalue weighted by atomic mass is 10.5. The van der Waals surface area contributed by atoms with Crippen LogP contribution in [0.3, 0.4) is 0 Å². The molecule has 0 bridgehead atoms. The molecule has 0 fully saturated rings. The Labute approximate surface area is 69.2 Å². The third kappa shape index (κ3) is 1.33. The van der Waals surface area contributed by atoms with E-state index in [0.717, 1.165) is 9.36 Å². The largest absolute Gasteiger partial charge is 0.394 e. The van der Waals surface area contributed by atoms with Gasteiger partial charge in [0.2, 0.25) is 0 Å². The van der Waals surface area contributed by atoms with Crippen LogP contribution in [0.25, 0.3) is 0 Å². The van der Waals surface area contributed by atoms with Crippen LogP contribution < -0.4 is 11.5 Å². The van der Waals surface area contributed by atoms with E-state index >= 15 is 0 Å². The van der Waals surface area contributed by atoms with E-state index in [4.69, 9.17) is 10.9 Å². The number of hydrogen-bond donors (Lipinski definition) is 2. The number of hydrogen-bond acceptors (Lipinski definition) is 4. The topological polar surface area (TPSA) is 86.1 Å². The zero-order valence-electron chi connectivity index (χ0n) is 6.90. The van der Waals surface area contributed by atoms with Crippen molar-refractivity contribution in [3.63, 3.8) is 0 Å². The Morgan fingerprint density at radius 2 is 2.33 bits per heavy atom. The Bertz CT molecular complexity index is 314. The molecule has 0 aromatic carbocycles. The number of rotatable bonds is 3. The summed E-state index contributed by atoms with van der Waals surface area (Å²) in [6.07, 6.45) is 0.601. The standard InChI is InChI=1S/C6H12N4O2/c1-2-5-8-9(3-4-11)6(12)10(5)7/h11H,2-4,7H2,1H3. The number of aromatic nitrogens is 3. The molecule has 6 heteroatoms. The Balaban J connectivity index is 3.07. The van der Waals surface area contributed by atoms with E-state index in [1.54, 1.807) is 0 Å². The molecular formula is C6H12N4O2. The molecule has 0 radical (unpaired) electrons. The normalized spacial score (nSPS) is 10.5. The van der Waals surface area contributed by atoms with Crippen molar-refractivity contribution in [3.8, 4) is 0 Å². The van der Waals surface area contributed by atoms with Gasteiger partial charge >= 0.3 is 5.69 Å². The Morgan fingerprint density at radius 1 is 1.67 bits per heavy atom. The first-order valence-corrected chi connectivity index (χ1v) is 3.75. The summed E-state index contributed by atoms with van der Waals surface area (Å²) in [5.41, 5.74) is -0.388. The van der Waals surface area contributed by atoms with E-state index in [-0.39, 0.29) is 18.8 Å². The zero-order chi connectivity index (χ0) is 9.14. The summed E-state index contributed by atoms with van der Waals surface area (Å²) in [7, 11) is 0. The lowest BCUT2D eigenvalue weighted by Crippen LogP contribution is -2.31. The second-order valence-corrected chi connectivity index (χ2v) is 2.37. The van der Waals surface area contributed by atoms with Crippen molar-refractivity contribution in [2.75, 3.05) is 12.4 Å². The quantitative estimate of drug-likeness (QED) is 0.533. The van der Waals surface area contributed by atoms with E-state index in [9.17, 15) is 4.79 Å². The van der Waals surface area contributed by atoms with E-state index < -0.39 is 0 Å². The summed E-state index contributed by atoms with van der Waals surface area (Å²) in [5, 5.41) is 12.5. The maximum Gasteiger partial charge on any atom is 0.364 e. The highest BCUT2D eigenvalue weighted by Crippen LogP contribution is 1.87. The average Bonchev–Trinajstić information content (AvgIpc) is 2.33. The van der Waals surface area contributed by atoms with Crippen molar-refractivity contribution >= 4 is 0 Å². The van der Waals surface area contributed by atoms with Crippen LogP contribution in [0.4, 0.5) is 0 Å². The molecule has 0 aliphatic carbocycles. The number of nitrogen functional groups attached to an aromatic ring is 1. The van der Waals surface area contributed by atoms with Gasteiger partial charge in [-0.25, -0.2) is 9.48 Å². The molecule has 0 aliphatic rings.